The summed E-state index contributed by atoms with van der Waals surface area (Å²) in [6.07, 6.45) is 0. The van der Waals surface area contributed by atoms with Gasteiger partial charge in [-0.05, 0) is 37.2 Å². The zero-order valence-electron chi connectivity index (χ0n) is 8.93. The highest BCUT2D eigenvalue weighted by Gasteiger charge is 2.02. The second-order valence-electron chi connectivity index (χ2n) is 3.29. The van der Waals surface area contributed by atoms with E-state index in [1.54, 1.807) is 0 Å². The standard InChI is InChI=1S/C11H15BrN2O/c1-3-13-7-11(15)14-9-4-5-10(12)8(2)6-9/h4-6,13H,3,7H2,1-2H3,(H,14,15). The minimum absolute atomic E-state index is 0.0152. The van der Waals surface area contributed by atoms with Crippen LogP contribution in [0.1, 0.15) is 12.5 Å². The number of hydrogen-bond donors (Lipinski definition) is 2. The molecule has 0 saturated heterocycles. The molecular weight excluding hydrogens is 256 g/mol. The number of benzene rings is 1. The molecule has 0 aliphatic heterocycles. The Morgan fingerprint density at radius 2 is 2.20 bits per heavy atom. The highest BCUT2D eigenvalue weighted by molar-refractivity contribution is 9.10. The highest BCUT2D eigenvalue weighted by atomic mass is 79.9. The summed E-state index contributed by atoms with van der Waals surface area (Å²) >= 11 is 3.41. The molecule has 0 radical (unpaired) electrons. The van der Waals surface area contributed by atoms with Gasteiger partial charge in [0.2, 0.25) is 5.91 Å². The first kappa shape index (κ1) is 12.2. The van der Waals surface area contributed by atoms with E-state index in [2.05, 4.69) is 26.6 Å². The predicted octanol–water partition coefficient (Wildman–Crippen LogP) is 2.31. The molecule has 2 N–H and O–H groups in total. The SMILES string of the molecule is CCNCC(=O)Nc1ccc(Br)c(C)c1. The van der Waals surface area contributed by atoms with E-state index in [-0.39, 0.29) is 5.91 Å². The minimum atomic E-state index is -0.0152. The molecule has 0 aromatic heterocycles. The molecule has 0 unspecified atom stereocenters. The Kier molecular flexibility index (Phi) is 4.78. The quantitative estimate of drug-likeness (QED) is 0.882. The number of halogens is 1. The zero-order valence-corrected chi connectivity index (χ0v) is 10.5. The van der Waals surface area contributed by atoms with Crippen LogP contribution in [0.2, 0.25) is 0 Å². The van der Waals surface area contributed by atoms with E-state index in [0.717, 1.165) is 22.3 Å². The second kappa shape index (κ2) is 5.88. The van der Waals surface area contributed by atoms with E-state index in [0.29, 0.717) is 6.54 Å². The van der Waals surface area contributed by atoms with Crippen LogP contribution in [-0.2, 0) is 4.79 Å². The van der Waals surface area contributed by atoms with Gasteiger partial charge in [-0.3, -0.25) is 4.79 Å². The van der Waals surface area contributed by atoms with Gasteiger partial charge in [0.25, 0.3) is 0 Å². The van der Waals surface area contributed by atoms with Gasteiger partial charge >= 0.3 is 0 Å². The summed E-state index contributed by atoms with van der Waals surface area (Å²) in [5.41, 5.74) is 1.94. The molecule has 15 heavy (non-hydrogen) atoms. The van der Waals surface area contributed by atoms with Crippen LogP contribution in [0.15, 0.2) is 22.7 Å². The smallest absolute Gasteiger partial charge is 0.238 e. The highest BCUT2D eigenvalue weighted by Crippen LogP contribution is 2.19. The molecule has 4 heteroatoms. The molecular formula is C11H15BrN2O. The minimum Gasteiger partial charge on any atom is -0.325 e. The van der Waals surface area contributed by atoms with Crippen LogP contribution in [0.25, 0.3) is 0 Å². The van der Waals surface area contributed by atoms with Gasteiger partial charge in [-0.15, -0.1) is 0 Å². The van der Waals surface area contributed by atoms with Gasteiger partial charge in [0, 0.05) is 10.2 Å². The van der Waals surface area contributed by atoms with Crippen molar-refractivity contribution in [3.8, 4) is 0 Å². The molecule has 1 aromatic carbocycles. The molecule has 1 rings (SSSR count). The maximum atomic E-state index is 11.4. The van der Waals surface area contributed by atoms with E-state index < -0.39 is 0 Å². The fourth-order valence-corrected chi connectivity index (χ4v) is 1.41. The Morgan fingerprint density at radius 3 is 2.80 bits per heavy atom. The molecule has 3 nitrogen and oxygen atoms in total. The van der Waals surface area contributed by atoms with Gasteiger partial charge in [-0.2, -0.15) is 0 Å². The Bertz CT molecular complexity index is 352. The normalized spacial score (nSPS) is 10.1. The zero-order chi connectivity index (χ0) is 11.3. The number of aryl methyl sites for hydroxylation is 1. The summed E-state index contributed by atoms with van der Waals surface area (Å²) in [5.74, 6) is -0.0152. The fraction of sp³-hybridized carbons (Fsp3) is 0.364. The van der Waals surface area contributed by atoms with Crippen molar-refractivity contribution >= 4 is 27.5 Å². The number of hydrogen-bond acceptors (Lipinski definition) is 2. The van der Waals surface area contributed by atoms with Crippen LogP contribution >= 0.6 is 15.9 Å². The molecule has 82 valence electrons. The van der Waals surface area contributed by atoms with Crippen LogP contribution in [-0.4, -0.2) is 19.0 Å². The van der Waals surface area contributed by atoms with Gasteiger partial charge in [0.05, 0.1) is 6.54 Å². The molecule has 0 atom stereocenters. The maximum Gasteiger partial charge on any atom is 0.238 e. The summed E-state index contributed by atoms with van der Waals surface area (Å²) in [7, 11) is 0. The summed E-state index contributed by atoms with van der Waals surface area (Å²) in [6, 6.07) is 5.74. The lowest BCUT2D eigenvalue weighted by Crippen LogP contribution is -2.27. The summed E-state index contributed by atoms with van der Waals surface area (Å²) in [6.45, 7) is 5.11. The Balaban J connectivity index is 2.57. The molecule has 1 aromatic rings. The number of amides is 1. The molecule has 0 fully saturated rings. The molecule has 0 aliphatic carbocycles. The molecule has 0 spiro atoms. The van der Waals surface area contributed by atoms with Crippen LogP contribution in [0, 0.1) is 6.92 Å². The molecule has 1 amide bonds. The largest absolute Gasteiger partial charge is 0.325 e. The van der Waals surface area contributed by atoms with E-state index >= 15 is 0 Å². The first-order valence-electron chi connectivity index (χ1n) is 4.90. The number of likely N-dealkylation sites (N-methyl/N-ethyl adjacent to an activating group) is 1. The van der Waals surface area contributed by atoms with Crippen molar-refractivity contribution in [1.29, 1.82) is 0 Å². The third kappa shape index (κ3) is 4.01. The monoisotopic (exact) mass is 270 g/mol. The van der Waals surface area contributed by atoms with Gasteiger partial charge in [0.1, 0.15) is 0 Å². The van der Waals surface area contributed by atoms with Crippen LogP contribution in [0.4, 0.5) is 5.69 Å². The first-order valence-corrected chi connectivity index (χ1v) is 5.69. The van der Waals surface area contributed by atoms with Crippen molar-refractivity contribution < 1.29 is 4.79 Å². The van der Waals surface area contributed by atoms with E-state index in [4.69, 9.17) is 0 Å². The summed E-state index contributed by atoms with van der Waals surface area (Å²) in [5, 5.41) is 5.80. The second-order valence-corrected chi connectivity index (χ2v) is 4.15. The van der Waals surface area contributed by atoms with Crippen molar-refractivity contribution in [2.45, 2.75) is 13.8 Å². The number of carbonyl (C=O) groups excluding carboxylic acids is 1. The summed E-state index contributed by atoms with van der Waals surface area (Å²) in [4.78, 5) is 11.4. The average molecular weight is 271 g/mol. The van der Waals surface area contributed by atoms with E-state index in [1.807, 2.05) is 32.0 Å². The molecule has 0 bridgehead atoms. The molecule has 0 heterocycles. The third-order valence-electron chi connectivity index (χ3n) is 1.98. The van der Waals surface area contributed by atoms with Gasteiger partial charge in [-0.25, -0.2) is 0 Å². The van der Waals surface area contributed by atoms with Crippen molar-refractivity contribution in [2.24, 2.45) is 0 Å². The average Bonchev–Trinajstić information content (AvgIpc) is 2.20. The van der Waals surface area contributed by atoms with Crippen molar-refractivity contribution in [2.75, 3.05) is 18.4 Å². The van der Waals surface area contributed by atoms with E-state index in [9.17, 15) is 4.79 Å². The number of nitrogens with one attached hydrogen (secondary N) is 2. The topological polar surface area (TPSA) is 41.1 Å². The molecule has 0 saturated carbocycles. The third-order valence-corrected chi connectivity index (χ3v) is 2.87. The maximum absolute atomic E-state index is 11.4. The lowest BCUT2D eigenvalue weighted by Gasteiger charge is -2.07. The molecule has 0 aliphatic rings. The first-order chi connectivity index (χ1) is 7.13. The number of anilines is 1. The van der Waals surface area contributed by atoms with Crippen LogP contribution < -0.4 is 10.6 Å². The van der Waals surface area contributed by atoms with Crippen LogP contribution in [0.5, 0.6) is 0 Å². The number of carbonyl (C=O) groups is 1. The van der Waals surface area contributed by atoms with Gasteiger partial charge in [0.15, 0.2) is 0 Å². The van der Waals surface area contributed by atoms with Crippen molar-refractivity contribution in [3.63, 3.8) is 0 Å². The lowest BCUT2D eigenvalue weighted by molar-refractivity contribution is -0.115. The van der Waals surface area contributed by atoms with Crippen molar-refractivity contribution in [1.82, 2.24) is 5.32 Å². The Morgan fingerprint density at radius 1 is 1.47 bits per heavy atom. The fourth-order valence-electron chi connectivity index (χ4n) is 1.17. The summed E-state index contributed by atoms with van der Waals surface area (Å²) < 4.78 is 1.05. The lowest BCUT2D eigenvalue weighted by atomic mass is 10.2. The predicted molar refractivity (Wildman–Crippen MR) is 66.1 cm³/mol. The number of rotatable bonds is 4. The van der Waals surface area contributed by atoms with Crippen LogP contribution in [0.3, 0.4) is 0 Å². The van der Waals surface area contributed by atoms with Crippen molar-refractivity contribution in [3.05, 3.63) is 28.2 Å². The van der Waals surface area contributed by atoms with E-state index in [1.165, 1.54) is 0 Å². The van der Waals surface area contributed by atoms with Gasteiger partial charge < -0.3 is 10.6 Å². The Labute approximate surface area is 98.4 Å². The Hall–Kier alpha value is -0.870. The van der Waals surface area contributed by atoms with Gasteiger partial charge in [-0.1, -0.05) is 22.9 Å².